The average molecular weight is 423 g/mol. The molecule has 1 saturated carbocycles. The molecule has 0 aromatic heterocycles. The quantitative estimate of drug-likeness (QED) is 0.388. The van der Waals surface area contributed by atoms with Crippen LogP contribution in [-0.2, 0) is 11.8 Å². The monoisotopic (exact) mass is 422 g/mol. The summed E-state index contributed by atoms with van der Waals surface area (Å²) in [5, 5.41) is 11.1. The van der Waals surface area contributed by atoms with Crippen molar-refractivity contribution in [2.45, 2.75) is 63.7 Å². The standard InChI is InChI=1S/C27H35ClN2/c1-2-19-30(21-17-23-9-4-3-5-10-23)20-8-18-27(22-29,24-11-6-7-12-24)25-13-15-26(28)16-14-25/h3-5,9-10,13-16,24H,2,6-8,11-12,17-21H2,1H3. The number of nitrogens with zero attached hydrogens (tertiary/aromatic N) is 2. The van der Waals surface area contributed by atoms with Crippen LogP contribution in [-0.4, -0.2) is 24.5 Å². The third-order valence-electron chi connectivity index (χ3n) is 6.76. The van der Waals surface area contributed by atoms with Crippen molar-refractivity contribution in [2.24, 2.45) is 5.92 Å². The maximum atomic E-state index is 10.4. The molecule has 3 rings (SSSR count). The molecule has 2 aromatic carbocycles. The van der Waals surface area contributed by atoms with E-state index in [1.807, 2.05) is 12.1 Å². The summed E-state index contributed by atoms with van der Waals surface area (Å²) in [5.74, 6) is 0.465. The lowest BCUT2D eigenvalue weighted by molar-refractivity contribution is 0.247. The van der Waals surface area contributed by atoms with Crippen molar-refractivity contribution in [3.63, 3.8) is 0 Å². The SMILES string of the molecule is CCCN(CCCC(C#N)(c1ccc(Cl)cc1)C1CCCC1)CCc1ccccc1. The second-order valence-electron chi connectivity index (χ2n) is 8.75. The molecule has 0 N–H and O–H groups in total. The Bertz CT molecular complexity index is 790. The van der Waals surface area contributed by atoms with Gasteiger partial charge in [-0.25, -0.2) is 0 Å². The first kappa shape index (κ1) is 22.9. The first-order valence-electron chi connectivity index (χ1n) is 11.6. The van der Waals surface area contributed by atoms with Crippen LogP contribution in [0.15, 0.2) is 54.6 Å². The maximum Gasteiger partial charge on any atom is 0.0850 e. The molecule has 1 unspecified atom stereocenters. The summed E-state index contributed by atoms with van der Waals surface area (Å²) < 4.78 is 0. The average Bonchev–Trinajstić information content (AvgIpc) is 3.32. The summed E-state index contributed by atoms with van der Waals surface area (Å²) in [5.41, 5.74) is 2.18. The molecular formula is C27H35ClN2. The third kappa shape index (κ3) is 5.87. The van der Waals surface area contributed by atoms with E-state index in [1.165, 1.54) is 31.2 Å². The van der Waals surface area contributed by atoms with Crippen LogP contribution in [0.5, 0.6) is 0 Å². The molecule has 1 aliphatic rings. The molecule has 2 aromatic rings. The Morgan fingerprint density at radius 3 is 2.33 bits per heavy atom. The van der Waals surface area contributed by atoms with Gasteiger partial charge in [-0.3, -0.25) is 0 Å². The Hall–Kier alpha value is -1.82. The van der Waals surface area contributed by atoms with E-state index in [2.05, 4.69) is 60.4 Å². The van der Waals surface area contributed by atoms with Crippen molar-refractivity contribution < 1.29 is 0 Å². The van der Waals surface area contributed by atoms with Gasteiger partial charge in [0, 0.05) is 11.6 Å². The highest BCUT2D eigenvalue weighted by atomic mass is 35.5. The fourth-order valence-electron chi connectivity index (χ4n) is 5.13. The highest BCUT2D eigenvalue weighted by molar-refractivity contribution is 6.30. The Kier molecular flexibility index (Phi) is 8.79. The van der Waals surface area contributed by atoms with E-state index >= 15 is 0 Å². The van der Waals surface area contributed by atoms with E-state index in [-0.39, 0.29) is 5.41 Å². The molecule has 1 atom stereocenters. The lowest BCUT2D eigenvalue weighted by Gasteiger charge is -2.34. The van der Waals surface area contributed by atoms with Gasteiger partial charge in [0.1, 0.15) is 0 Å². The largest absolute Gasteiger partial charge is 0.303 e. The Balaban J connectivity index is 1.66. The first-order valence-corrected chi connectivity index (χ1v) is 12.0. The Morgan fingerprint density at radius 1 is 1.00 bits per heavy atom. The van der Waals surface area contributed by atoms with E-state index in [9.17, 15) is 5.26 Å². The number of halogens is 1. The van der Waals surface area contributed by atoms with Gasteiger partial charge in [-0.15, -0.1) is 0 Å². The summed E-state index contributed by atoms with van der Waals surface area (Å²) >= 11 is 6.14. The van der Waals surface area contributed by atoms with Crippen molar-refractivity contribution in [2.75, 3.05) is 19.6 Å². The molecule has 0 saturated heterocycles. The molecule has 3 heteroatoms. The zero-order valence-electron chi connectivity index (χ0n) is 18.3. The highest BCUT2D eigenvalue weighted by Crippen LogP contribution is 2.45. The van der Waals surface area contributed by atoms with Crippen LogP contribution in [0, 0.1) is 17.2 Å². The number of nitriles is 1. The molecule has 0 radical (unpaired) electrons. The minimum atomic E-state index is -0.377. The smallest absolute Gasteiger partial charge is 0.0850 e. The summed E-state index contributed by atoms with van der Waals surface area (Å²) in [4.78, 5) is 2.58. The first-order chi connectivity index (χ1) is 14.7. The van der Waals surface area contributed by atoms with Crippen LogP contribution in [0.1, 0.15) is 63.0 Å². The van der Waals surface area contributed by atoms with Gasteiger partial charge in [0.05, 0.1) is 11.5 Å². The predicted molar refractivity (Wildman–Crippen MR) is 127 cm³/mol. The van der Waals surface area contributed by atoms with Crippen molar-refractivity contribution in [1.29, 1.82) is 5.26 Å². The second kappa shape index (κ2) is 11.5. The molecule has 0 amide bonds. The molecule has 1 fully saturated rings. The Labute approximate surface area is 187 Å². The minimum absolute atomic E-state index is 0.377. The van der Waals surface area contributed by atoms with Crippen LogP contribution < -0.4 is 0 Å². The molecule has 1 aliphatic carbocycles. The van der Waals surface area contributed by atoms with E-state index < -0.39 is 0 Å². The van der Waals surface area contributed by atoms with Gasteiger partial charge in [0.15, 0.2) is 0 Å². The fraction of sp³-hybridized carbons (Fsp3) is 0.519. The normalized spacial score (nSPS) is 16.5. The van der Waals surface area contributed by atoms with E-state index in [4.69, 9.17) is 11.6 Å². The molecule has 0 bridgehead atoms. The predicted octanol–water partition coefficient (Wildman–Crippen LogP) is 7.03. The van der Waals surface area contributed by atoms with Crippen LogP contribution in [0.3, 0.4) is 0 Å². The third-order valence-corrected chi connectivity index (χ3v) is 7.01. The van der Waals surface area contributed by atoms with Crippen molar-refractivity contribution in [3.8, 4) is 6.07 Å². The molecular weight excluding hydrogens is 388 g/mol. The summed E-state index contributed by atoms with van der Waals surface area (Å²) in [6, 6.07) is 21.6. The lowest BCUT2D eigenvalue weighted by atomic mass is 9.67. The van der Waals surface area contributed by atoms with Gasteiger partial charge < -0.3 is 4.90 Å². The molecule has 30 heavy (non-hydrogen) atoms. The molecule has 0 heterocycles. The van der Waals surface area contributed by atoms with Crippen LogP contribution in [0.2, 0.25) is 5.02 Å². The van der Waals surface area contributed by atoms with Crippen molar-refractivity contribution >= 4 is 11.6 Å². The maximum absolute atomic E-state index is 10.4. The van der Waals surface area contributed by atoms with Gasteiger partial charge in [-0.2, -0.15) is 5.26 Å². The lowest BCUT2D eigenvalue weighted by Crippen LogP contribution is -2.35. The van der Waals surface area contributed by atoms with Gasteiger partial charge in [0.2, 0.25) is 0 Å². The summed E-state index contributed by atoms with van der Waals surface area (Å²) in [6.07, 6.45) is 9.08. The van der Waals surface area contributed by atoms with E-state index in [0.717, 1.165) is 55.9 Å². The van der Waals surface area contributed by atoms with Crippen LogP contribution >= 0.6 is 11.6 Å². The number of rotatable bonds is 11. The molecule has 160 valence electrons. The van der Waals surface area contributed by atoms with Crippen LogP contribution in [0.25, 0.3) is 0 Å². The second-order valence-corrected chi connectivity index (χ2v) is 9.19. The molecule has 0 spiro atoms. The summed E-state index contributed by atoms with van der Waals surface area (Å²) in [6.45, 7) is 5.52. The van der Waals surface area contributed by atoms with Gasteiger partial charge in [0.25, 0.3) is 0 Å². The summed E-state index contributed by atoms with van der Waals surface area (Å²) in [7, 11) is 0. The zero-order chi connectivity index (χ0) is 21.2. The van der Waals surface area contributed by atoms with E-state index in [0.29, 0.717) is 5.92 Å². The topological polar surface area (TPSA) is 27.0 Å². The molecule has 0 aliphatic heterocycles. The number of benzene rings is 2. The zero-order valence-corrected chi connectivity index (χ0v) is 19.1. The van der Waals surface area contributed by atoms with Gasteiger partial charge in [-0.05, 0) is 80.8 Å². The molecule has 2 nitrogen and oxygen atoms in total. The van der Waals surface area contributed by atoms with Crippen molar-refractivity contribution in [3.05, 3.63) is 70.7 Å². The van der Waals surface area contributed by atoms with Gasteiger partial charge in [-0.1, -0.05) is 73.8 Å². The van der Waals surface area contributed by atoms with Gasteiger partial charge >= 0.3 is 0 Å². The minimum Gasteiger partial charge on any atom is -0.303 e. The van der Waals surface area contributed by atoms with E-state index in [1.54, 1.807) is 0 Å². The Morgan fingerprint density at radius 2 is 1.70 bits per heavy atom. The highest BCUT2D eigenvalue weighted by Gasteiger charge is 2.41. The van der Waals surface area contributed by atoms with Crippen LogP contribution in [0.4, 0.5) is 0 Å². The van der Waals surface area contributed by atoms with Crippen molar-refractivity contribution in [1.82, 2.24) is 4.90 Å². The fourth-order valence-corrected chi connectivity index (χ4v) is 5.25. The number of hydrogen-bond donors (Lipinski definition) is 0. The number of hydrogen-bond acceptors (Lipinski definition) is 2.